The fraction of sp³-hybridized carbons (Fsp3) is 0.233. The molecule has 5 rings (SSSR count). The Morgan fingerprint density at radius 2 is 1.67 bits per heavy atom. The smallest absolute Gasteiger partial charge is 0.237 e. The van der Waals surface area contributed by atoms with Gasteiger partial charge in [0.25, 0.3) is 0 Å². The largest absolute Gasteiger partial charge is 0.354 e. The van der Waals surface area contributed by atoms with Gasteiger partial charge in [0.05, 0.1) is 24.0 Å². The van der Waals surface area contributed by atoms with Gasteiger partial charge in [0.1, 0.15) is 0 Å². The summed E-state index contributed by atoms with van der Waals surface area (Å²) in [7, 11) is 0. The molecule has 0 radical (unpaired) electrons. The van der Waals surface area contributed by atoms with Gasteiger partial charge in [-0.3, -0.25) is 9.69 Å². The first kappa shape index (κ1) is 23.5. The van der Waals surface area contributed by atoms with Crippen LogP contribution in [0.25, 0.3) is 0 Å². The van der Waals surface area contributed by atoms with Gasteiger partial charge in [0, 0.05) is 44.5 Å². The molecule has 2 heterocycles. The summed E-state index contributed by atoms with van der Waals surface area (Å²) in [5, 5.41) is 12.2. The molecule has 1 amide bonds. The maximum Gasteiger partial charge on any atom is 0.237 e. The van der Waals surface area contributed by atoms with Crippen molar-refractivity contribution in [1.82, 2.24) is 19.8 Å². The van der Waals surface area contributed by atoms with Gasteiger partial charge in [-0.25, -0.2) is 4.98 Å². The molecule has 1 unspecified atom stereocenters. The lowest BCUT2D eigenvalue weighted by molar-refractivity contribution is -0.127. The molecule has 0 bridgehead atoms. The second kappa shape index (κ2) is 11.0. The molecule has 0 saturated carbocycles. The van der Waals surface area contributed by atoms with Crippen LogP contribution in [0.15, 0.2) is 91.4 Å². The number of hydrogen-bond donors (Lipinski definition) is 1. The van der Waals surface area contributed by atoms with Gasteiger partial charge in [-0.1, -0.05) is 66.7 Å². The van der Waals surface area contributed by atoms with Gasteiger partial charge >= 0.3 is 0 Å². The van der Waals surface area contributed by atoms with Crippen LogP contribution in [0.3, 0.4) is 0 Å². The minimum atomic E-state index is -0.205. The highest BCUT2D eigenvalue weighted by Gasteiger charge is 2.31. The Bertz CT molecular complexity index is 1350. The molecule has 1 aliphatic rings. The summed E-state index contributed by atoms with van der Waals surface area (Å²) in [5.41, 5.74) is 6.58. The van der Waals surface area contributed by atoms with Crippen LogP contribution in [-0.4, -0.2) is 32.9 Å². The molecule has 180 valence electrons. The molecule has 0 aliphatic carbocycles. The van der Waals surface area contributed by atoms with Crippen LogP contribution >= 0.6 is 0 Å². The Morgan fingerprint density at radius 3 is 2.44 bits per heavy atom. The lowest BCUT2D eigenvalue weighted by Gasteiger charge is -2.36. The molecule has 0 spiro atoms. The van der Waals surface area contributed by atoms with Crippen molar-refractivity contribution in [2.45, 2.75) is 38.5 Å². The van der Waals surface area contributed by atoms with Gasteiger partial charge in [-0.05, 0) is 40.8 Å². The fourth-order valence-electron chi connectivity index (χ4n) is 4.83. The number of hydrogen-bond acceptors (Lipinski definition) is 4. The molecule has 1 N–H and O–H groups in total. The zero-order valence-electron chi connectivity index (χ0n) is 20.2. The highest BCUT2D eigenvalue weighted by atomic mass is 16.2. The maximum absolute atomic E-state index is 13.4. The van der Waals surface area contributed by atoms with Crippen molar-refractivity contribution < 1.29 is 4.79 Å². The molecule has 4 aromatic rings. The summed E-state index contributed by atoms with van der Waals surface area (Å²) >= 11 is 0. The second-order valence-electron chi connectivity index (χ2n) is 9.24. The number of imidazole rings is 1. The van der Waals surface area contributed by atoms with E-state index in [0.29, 0.717) is 31.5 Å². The normalized spacial score (nSPS) is 15.1. The van der Waals surface area contributed by atoms with E-state index in [9.17, 15) is 4.79 Å². The number of amides is 1. The third kappa shape index (κ3) is 5.54. The van der Waals surface area contributed by atoms with E-state index >= 15 is 0 Å². The Kier molecular flexibility index (Phi) is 7.20. The van der Waals surface area contributed by atoms with Gasteiger partial charge < -0.3 is 9.88 Å². The van der Waals surface area contributed by atoms with E-state index in [2.05, 4.69) is 62.2 Å². The number of nitrogens with one attached hydrogen (secondary N) is 1. The standard InChI is InChI=1S/C30H29N5O/c31-17-23-10-12-25(13-11-23)20-35-22-32-18-28(35)14-15-33-30(36)29-16-26-8-4-5-9-27(26)21-34(29)19-24-6-2-1-3-7-24/h1-13,18,22,29H,14-16,19-21H2,(H,33,36). The Hall–Kier alpha value is -4.21. The van der Waals surface area contributed by atoms with Crippen molar-refractivity contribution in [2.24, 2.45) is 0 Å². The molecular formula is C30H29N5O. The van der Waals surface area contributed by atoms with E-state index in [1.165, 1.54) is 16.7 Å². The van der Waals surface area contributed by atoms with E-state index in [4.69, 9.17) is 5.26 Å². The molecule has 6 nitrogen and oxygen atoms in total. The van der Waals surface area contributed by atoms with E-state index in [1.807, 2.05) is 55.0 Å². The number of carbonyl (C=O) groups excluding carboxylic acids is 1. The maximum atomic E-state index is 13.4. The SMILES string of the molecule is N#Cc1ccc(Cn2cncc2CCNC(=O)C2Cc3ccccc3CN2Cc2ccccc2)cc1. The van der Waals surface area contributed by atoms with Crippen molar-refractivity contribution >= 4 is 5.91 Å². The Morgan fingerprint density at radius 1 is 0.944 bits per heavy atom. The van der Waals surface area contributed by atoms with Crippen molar-refractivity contribution in [2.75, 3.05) is 6.54 Å². The van der Waals surface area contributed by atoms with E-state index < -0.39 is 0 Å². The zero-order valence-corrected chi connectivity index (χ0v) is 20.2. The molecule has 1 aromatic heterocycles. The average molecular weight is 476 g/mol. The van der Waals surface area contributed by atoms with E-state index in [-0.39, 0.29) is 11.9 Å². The van der Waals surface area contributed by atoms with Gasteiger partial charge in [-0.2, -0.15) is 5.26 Å². The lowest BCUT2D eigenvalue weighted by Crippen LogP contribution is -2.50. The average Bonchev–Trinajstić information content (AvgIpc) is 3.36. The number of rotatable bonds is 8. The summed E-state index contributed by atoms with van der Waals surface area (Å²) in [6.45, 7) is 2.74. The Balaban J connectivity index is 1.22. The second-order valence-corrected chi connectivity index (χ2v) is 9.24. The monoisotopic (exact) mass is 475 g/mol. The van der Waals surface area contributed by atoms with Crippen LogP contribution in [-0.2, 0) is 37.3 Å². The van der Waals surface area contributed by atoms with Crippen LogP contribution in [0, 0.1) is 11.3 Å². The van der Waals surface area contributed by atoms with Crippen LogP contribution < -0.4 is 5.32 Å². The predicted molar refractivity (Wildman–Crippen MR) is 139 cm³/mol. The predicted octanol–water partition coefficient (Wildman–Crippen LogP) is 4.09. The number of benzene rings is 3. The van der Waals surface area contributed by atoms with Crippen molar-refractivity contribution in [1.29, 1.82) is 5.26 Å². The molecule has 36 heavy (non-hydrogen) atoms. The molecule has 0 fully saturated rings. The molecule has 1 aliphatic heterocycles. The summed E-state index contributed by atoms with van der Waals surface area (Å²) in [5.74, 6) is 0.0681. The van der Waals surface area contributed by atoms with Crippen molar-refractivity contribution in [3.05, 3.63) is 125 Å². The quantitative estimate of drug-likeness (QED) is 0.417. The minimum absolute atomic E-state index is 0.0681. The van der Waals surface area contributed by atoms with Crippen LogP contribution in [0.1, 0.15) is 33.5 Å². The summed E-state index contributed by atoms with van der Waals surface area (Å²) < 4.78 is 2.09. The molecule has 6 heteroatoms. The highest BCUT2D eigenvalue weighted by Crippen LogP contribution is 2.25. The van der Waals surface area contributed by atoms with Crippen LogP contribution in [0.4, 0.5) is 0 Å². The summed E-state index contributed by atoms with van der Waals surface area (Å²) in [6, 6.07) is 28.3. The third-order valence-electron chi connectivity index (χ3n) is 6.79. The van der Waals surface area contributed by atoms with Gasteiger partial charge in [-0.15, -0.1) is 0 Å². The van der Waals surface area contributed by atoms with Gasteiger partial charge in [0.2, 0.25) is 5.91 Å². The lowest BCUT2D eigenvalue weighted by atomic mass is 9.93. The Labute approximate surface area is 211 Å². The first-order valence-electron chi connectivity index (χ1n) is 12.3. The first-order valence-corrected chi connectivity index (χ1v) is 12.3. The minimum Gasteiger partial charge on any atom is -0.354 e. The summed E-state index contributed by atoms with van der Waals surface area (Å²) in [6.07, 6.45) is 5.08. The van der Waals surface area contributed by atoms with Gasteiger partial charge in [0.15, 0.2) is 0 Å². The number of aromatic nitrogens is 2. The summed E-state index contributed by atoms with van der Waals surface area (Å²) in [4.78, 5) is 20.0. The zero-order chi connectivity index (χ0) is 24.7. The van der Waals surface area contributed by atoms with E-state index in [0.717, 1.165) is 24.3 Å². The number of nitrogens with zero attached hydrogens (tertiary/aromatic N) is 4. The van der Waals surface area contributed by atoms with Crippen LogP contribution in [0.5, 0.6) is 0 Å². The molecule has 3 aromatic carbocycles. The number of fused-ring (bicyclic) bond motifs is 1. The van der Waals surface area contributed by atoms with Crippen molar-refractivity contribution in [3.8, 4) is 6.07 Å². The van der Waals surface area contributed by atoms with E-state index in [1.54, 1.807) is 0 Å². The third-order valence-corrected chi connectivity index (χ3v) is 6.79. The molecular weight excluding hydrogens is 446 g/mol. The fourth-order valence-corrected chi connectivity index (χ4v) is 4.83. The van der Waals surface area contributed by atoms with Crippen molar-refractivity contribution in [3.63, 3.8) is 0 Å². The highest BCUT2D eigenvalue weighted by molar-refractivity contribution is 5.82. The first-order chi connectivity index (χ1) is 17.7. The number of carbonyl (C=O) groups is 1. The van der Waals surface area contributed by atoms with Crippen LogP contribution in [0.2, 0.25) is 0 Å². The molecule has 0 saturated heterocycles. The topological polar surface area (TPSA) is 74.0 Å². The molecule has 1 atom stereocenters. The number of nitriles is 1.